The van der Waals surface area contributed by atoms with Crippen molar-refractivity contribution in [1.29, 1.82) is 0 Å². The van der Waals surface area contributed by atoms with Crippen molar-refractivity contribution in [2.24, 2.45) is 0 Å². The Morgan fingerprint density at radius 2 is 2.25 bits per heavy atom. The van der Waals surface area contributed by atoms with E-state index in [0.717, 1.165) is 11.3 Å². The minimum Gasteiger partial charge on any atom is -0.281 e. The number of hydrogen-bond acceptors (Lipinski definition) is 1. The zero-order chi connectivity index (χ0) is 8.55. The summed E-state index contributed by atoms with van der Waals surface area (Å²) in [5.74, 6) is 6.71. The second-order valence-electron chi connectivity index (χ2n) is 3.26. The van der Waals surface area contributed by atoms with Crippen LogP contribution in [0.5, 0.6) is 0 Å². The SMILES string of the molecule is CC#Cc1c(C2CC2)n[nH]c1C. The van der Waals surface area contributed by atoms with Gasteiger partial charge in [0.15, 0.2) is 0 Å². The summed E-state index contributed by atoms with van der Waals surface area (Å²) >= 11 is 0. The van der Waals surface area contributed by atoms with Crippen LogP contribution < -0.4 is 0 Å². The molecule has 62 valence electrons. The van der Waals surface area contributed by atoms with Crippen molar-refractivity contribution in [2.45, 2.75) is 32.6 Å². The number of nitrogens with one attached hydrogen (secondary N) is 1. The van der Waals surface area contributed by atoms with E-state index in [1.165, 1.54) is 18.5 Å². The highest BCUT2D eigenvalue weighted by atomic mass is 15.1. The Hall–Kier alpha value is -1.23. The van der Waals surface area contributed by atoms with Crippen molar-refractivity contribution >= 4 is 0 Å². The number of nitrogens with zero attached hydrogens (tertiary/aromatic N) is 1. The highest BCUT2D eigenvalue weighted by Crippen LogP contribution is 2.40. The maximum atomic E-state index is 4.27. The van der Waals surface area contributed by atoms with E-state index in [-0.39, 0.29) is 0 Å². The molecular weight excluding hydrogens is 148 g/mol. The molecule has 2 rings (SSSR count). The number of H-pyrrole nitrogens is 1. The lowest BCUT2D eigenvalue weighted by Gasteiger charge is -1.90. The first-order valence-electron chi connectivity index (χ1n) is 4.30. The van der Waals surface area contributed by atoms with Crippen LogP contribution in [0, 0.1) is 18.8 Å². The van der Waals surface area contributed by atoms with Crippen molar-refractivity contribution in [2.75, 3.05) is 0 Å². The second kappa shape index (κ2) is 2.67. The summed E-state index contributed by atoms with van der Waals surface area (Å²) < 4.78 is 0. The lowest BCUT2D eigenvalue weighted by molar-refractivity contribution is 0.953. The van der Waals surface area contributed by atoms with Crippen LogP contribution in [0.4, 0.5) is 0 Å². The summed E-state index contributed by atoms with van der Waals surface area (Å²) in [7, 11) is 0. The van der Waals surface area contributed by atoms with Crippen LogP contribution in [0.25, 0.3) is 0 Å². The zero-order valence-electron chi connectivity index (χ0n) is 7.44. The molecule has 0 bridgehead atoms. The maximum Gasteiger partial charge on any atom is 0.0812 e. The zero-order valence-corrected chi connectivity index (χ0v) is 7.44. The Morgan fingerprint density at radius 1 is 1.50 bits per heavy atom. The Morgan fingerprint density at radius 3 is 2.83 bits per heavy atom. The van der Waals surface area contributed by atoms with Crippen LogP contribution >= 0.6 is 0 Å². The van der Waals surface area contributed by atoms with E-state index < -0.39 is 0 Å². The van der Waals surface area contributed by atoms with Crippen molar-refractivity contribution in [1.82, 2.24) is 10.2 Å². The molecule has 0 saturated heterocycles. The maximum absolute atomic E-state index is 4.27. The van der Waals surface area contributed by atoms with Gasteiger partial charge in [-0.05, 0) is 26.7 Å². The van der Waals surface area contributed by atoms with Gasteiger partial charge in [0.25, 0.3) is 0 Å². The lowest BCUT2D eigenvalue weighted by Crippen LogP contribution is -1.84. The number of aromatic amines is 1. The summed E-state index contributed by atoms with van der Waals surface area (Å²) in [5, 5.41) is 7.26. The molecule has 1 saturated carbocycles. The summed E-state index contributed by atoms with van der Waals surface area (Å²) in [6.45, 7) is 3.89. The average Bonchev–Trinajstić information content (AvgIpc) is 2.82. The molecule has 0 spiro atoms. The lowest BCUT2D eigenvalue weighted by atomic mass is 10.1. The fourth-order valence-electron chi connectivity index (χ4n) is 1.38. The van der Waals surface area contributed by atoms with Crippen molar-refractivity contribution < 1.29 is 0 Å². The molecular formula is C10H12N2. The van der Waals surface area contributed by atoms with Crippen LogP contribution in [0.2, 0.25) is 0 Å². The molecule has 0 aliphatic heterocycles. The first-order valence-corrected chi connectivity index (χ1v) is 4.30. The molecule has 1 N–H and O–H groups in total. The third kappa shape index (κ3) is 1.12. The minimum atomic E-state index is 0.686. The summed E-state index contributed by atoms with van der Waals surface area (Å²) in [4.78, 5) is 0. The third-order valence-electron chi connectivity index (χ3n) is 2.19. The van der Waals surface area contributed by atoms with Gasteiger partial charge in [-0.3, -0.25) is 5.10 Å². The Balaban J connectivity index is 2.43. The topological polar surface area (TPSA) is 28.7 Å². The largest absolute Gasteiger partial charge is 0.281 e. The van der Waals surface area contributed by atoms with E-state index in [0.29, 0.717) is 5.92 Å². The molecule has 1 aromatic heterocycles. The van der Waals surface area contributed by atoms with Gasteiger partial charge in [-0.15, -0.1) is 5.92 Å². The van der Waals surface area contributed by atoms with Crippen LogP contribution in [0.1, 0.15) is 42.6 Å². The van der Waals surface area contributed by atoms with E-state index in [4.69, 9.17) is 0 Å². The van der Waals surface area contributed by atoms with Gasteiger partial charge >= 0.3 is 0 Å². The van der Waals surface area contributed by atoms with Gasteiger partial charge in [0.1, 0.15) is 0 Å². The number of aromatic nitrogens is 2. The van der Waals surface area contributed by atoms with Gasteiger partial charge in [-0.25, -0.2) is 0 Å². The van der Waals surface area contributed by atoms with E-state index in [2.05, 4.69) is 22.0 Å². The second-order valence-corrected chi connectivity index (χ2v) is 3.26. The van der Waals surface area contributed by atoms with Gasteiger partial charge in [0, 0.05) is 11.6 Å². The average molecular weight is 160 g/mol. The molecule has 2 nitrogen and oxygen atoms in total. The van der Waals surface area contributed by atoms with Crippen LogP contribution in [-0.4, -0.2) is 10.2 Å². The molecule has 1 aliphatic carbocycles. The Labute approximate surface area is 72.4 Å². The first-order chi connectivity index (χ1) is 5.83. The van der Waals surface area contributed by atoms with Crippen LogP contribution in [-0.2, 0) is 0 Å². The summed E-state index contributed by atoms with van der Waals surface area (Å²) in [6.07, 6.45) is 2.56. The van der Waals surface area contributed by atoms with Gasteiger partial charge in [0.2, 0.25) is 0 Å². The quantitative estimate of drug-likeness (QED) is 0.625. The summed E-state index contributed by atoms with van der Waals surface area (Å²) in [6, 6.07) is 0. The van der Waals surface area contributed by atoms with E-state index in [1.54, 1.807) is 0 Å². The molecule has 1 heterocycles. The van der Waals surface area contributed by atoms with Crippen molar-refractivity contribution in [3.05, 3.63) is 17.0 Å². The molecule has 0 aromatic carbocycles. The smallest absolute Gasteiger partial charge is 0.0812 e. The molecule has 0 unspecified atom stereocenters. The van der Waals surface area contributed by atoms with Gasteiger partial charge < -0.3 is 0 Å². The highest BCUT2D eigenvalue weighted by Gasteiger charge is 2.28. The fraction of sp³-hybridized carbons (Fsp3) is 0.500. The fourth-order valence-corrected chi connectivity index (χ4v) is 1.38. The van der Waals surface area contributed by atoms with Gasteiger partial charge in [0.05, 0.1) is 11.3 Å². The normalized spacial score (nSPS) is 15.5. The van der Waals surface area contributed by atoms with Gasteiger partial charge in [-0.1, -0.05) is 5.92 Å². The number of rotatable bonds is 1. The monoisotopic (exact) mass is 160 g/mol. The van der Waals surface area contributed by atoms with E-state index >= 15 is 0 Å². The van der Waals surface area contributed by atoms with E-state index in [1.807, 2.05) is 13.8 Å². The Kier molecular flexibility index (Phi) is 1.65. The molecule has 0 radical (unpaired) electrons. The number of hydrogen-bond donors (Lipinski definition) is 1. The highest BCUT2D eigenvalue weighted by molar-refractivity contribution is 5.43. The molecule has 1 fully saturated rings. The number of aryl methyl sites for hydroxylation is 1. The first kappa shape index (κ1) is 7.42. The Bertz CT molecular complexity index is 348. The molecule has 0 atom stereocenters. The third-order valence-corrected chi connectivity index (χ3v) is 2.19. The standard InChI is InChI=1S/C10H12N2/c1-3-4-9-7(2)11-12-10(9)8-5-6-8/h8H,5-6H2,1-2H3,(H,11,12). The molecule has 12 heavy (non-hydrogen) atoms. The molecule has 1 aromatic rings. The molecule has 2 heteroatoms. The molecule has 0 amide bonds. The van der Waals surface area contributed by atoms with E-state index in [9.17, 15) is 0 Å². The van der Waals surface area contributed by atoms with Crippen LogP contribution in [0.3, 0.4) is 0 Å². The van der Waals surface area contributed by atoms with Crippen molar-refractivity contribution in [3.8, 4) is 11.8 Å². The minimum absolute atomic E-state index is 0.686. The summed E-state index contributed by atoms with van der Waals surface area (Å²) in [5.41, 5.74) is 3.41. The van der Waals surface area contributed by atoms with Crippen molar-refractivity contribution in [3.63, 3.8) is 0 Å². The predicted molar refractivity (Wildman–Crippen MR) is 47.9 cm³/mol. The molecule has 1 aliphatic rings. The van der Waals surface area contributed by atoms with Crippen LogP contribution in [0.15, 0.2) is 0 Å². The predicted octanol–water partition coefficient (Wildman–Crippen LogP) is 1.97. The van der Waals surface area contributed by atoms with Gasteiger partial charge in [-0.2, -0.15) is 5.10 Å².